The van der Waals surface area contributed by atoms with E-state index < -0.39 is 106 Å². The molecule has 0 aromatic heterocycles. The van der Waals surface area contributed by atoms with Gasteiger partial charge in [0.25, 0.3) is 0 Å². The summed E-state index contributed by atoms with van der Waals surface area (Å²) in [4.78, 5) is 49.0. The number of rotatable bonds is 8. The van der Waals surface area contributed by atoms with Crippen molar-refractivity contribution in [2.45, 2.75) is 36.5 Å². The number of allylic oxidation sites excluding steroid dienone is 4. The van der Waals surface area contributed by atoms with Gasteiger partial charge in [-0.05, 0) is 17.2 Å². The smallest absolute Gasteiger partial charge is 0.450 e. The van der Waals surface area contributed by atoms with Crippen LogP contribution in [0.4, 0.5) is 52.7 Å². The van der Waals surface area contributed by atoms with E-state index in [9.17, 15) is 71.9 Å². The van der Waals surface area contributed by atoms with Crippen LogP contribution < -0.4 is 9.47 Å². The molecule has 18 heteroatoms. The second-order valence-electron chi connectivity index (χ2n) is 9.71. The standard InChI is InChI=1S/C26H18F12O6/c1-43-15-8-16(44-2)14(18-11(21(41)25(33,34)35)5-6-12(18)22(42)26(36,37)38)7-13(15)17-9(19(39)23(27,28)29)3-4-10(17)20(40)24(30,31)32/h3-12,17-18H,1-2H3/t9-,10-,11-,12+,18?/m1/s1. The molecule has 1 aromatic rings. The van der Waals surface area contributed by atoms with Gasteiger partial charge in [-0.2, -0.15) is 52.7 Å². The summed E-state index contributed by atoms with van der Waals surface area (Å²) in [6.45, 7) is 0. The Morgan fingerprint density at radius 2 is 0.705 bits per heavy atom. The summed E-state index contributed by atoms with van der Waals surface area (Å²) in [5, 5.41) is 0. The number of halogens is 12. The van der Waals surface area contributed by atoms with Crippen LogP contribution in [-0.4, -0.2) is 62.1 Å². The highest BCUT2D eigenvalue weighted by atomic mass is 19.4. The zero-order valence-electron chi connectivity index (χ0n) is 21.9. The van der Waals surface area contributed by atoms with E-state index >= 15 is 0 Å². The molecule has 2 aliphatic carbocycles. The molecule has 3 rings (SSSR count). The summed E-state index contributed by atoms with van der Waals surface area (Å²) in [6, 6.07) is 1.14. The zero-order valence-corrected chi connectivity index (χ0v) is 21.9. The molecule has 0 saturated carbocycles. The van der Waals surface area contributed by atoms with Crippen molar-refractivity contribution < 1.29 is 81.3 Å². The molecule has 0 saturated heterocycles. The molecular formula is C26H18F12O6. The highest BCUT2D eigenvalue weighted by molar-refractivity contribution is 5.96. The van der Waals surface area contributed by atoms with Gasteiger partial charge in [-0.15, -0.1) is 0 Å². The molecule has 0 amide bonds. The second-order valence-corrected chi connectivity index (χ2v) is 9.71. The molecule has 6 nitrogen and oxygen atoms in total. The predicted molar refractivity (Wildman–Crippen MR) is 122 cm³/mol. The Morgan fingerprint density at radius 3 is 0.886 bits per heavy atom. The predicted octanol–water partition coefficient (Wildman–Crippen LogP) is 6.00. The summed E-state index contributed by atoms with van der Waals surface area (Å²) in [6.07, 6.45) is -21.2. The third kappa shape index (κ3) is 6.47. The number of alkyl halides is 12. The van der Waals surface area contributed by atoms with Crippen molar-refractivity contribution in [3.63, 3.8) is 0 Å². The second kappa shape index (κ2) is 11.6. The number of ketones is 4. The maximum atomic E-state index is 13.4. The summed E-state index contributed by atoms with van der Waals surface area (Å²) in [5.41, 5.74) is -1.72. The van der Waals surface area contributed by atoms with E-state index in [4.69, 9.17) is 9.47 Å². The van der Waals surface area contributed by atoms with Crippen molar-refractivity contribution in [2.24, 2.45) is 23.7 Å². The quantitative estimate of drug-likeness (QED) is 0.253. The van der Waals surface area contributed by atoms with Crippen molar-refractivity contribution in [1.82, 2.24) is 0 Å². The molecule has 0 fully saturated rings. The van der Waals surface area contributed by atoms with E-state index in [1.165, 1.54) is 0 Å². The lowest BCUT2D eigenvalue weighted by Crippen LogP contribution is -2.38. The monoisotopic (exact) mass is 654 g/mol. The average Bonchev–Trinajstić information content (AvgIpc) is 3.53. The third-order valence-electron chi connectivity index (χ3n) is 7.23. The van der Waals surface area contributed by atoms with Crippen LogP contribution in [0.3, 0.4) is 0 Å². The molecule has 0 heterocycles. The van der Waals surface area contributed by atoms with Crippen LogP contribution >= 0.6 is 0 Å². The van der Waals surface area contributed by atoms with Crippen molar-refractivity contribution in [3.05, 3.63) is 47.6 Å². The first kappa shape index (κ1) is 34.6. The minimum Gasteiger partial charge on any atom is -0.496 e. The zero-order chi connectivity index (χ0) is 33.7. The Hall–Kier alpha value is -3.86. The lowest BCUT2D eigenvalue weighted by Gasteiger charge is -2.31. The maximum absolute atomic E-state index is 13.4. The molecule has 0 N–H and O–H groups in total. The van der Waals surface area contributed by atoms with E-state index in [2.05, 4.69) is 0 Å². The van der Waals surface area contributed by atoms with Crippen molar-refractivity contribution in [3.8, 4) is 11.5 Å². The minimum absolute atomic E-state index is 0.362. The van der Waals surface area contributed by atoms with Gasteiger partial charge in [-0.3, -0.25) is 19.2 Å². The molecule has 5 atom stereocenters. The largest absolute Gasteiger partial charge is 0.496 e. The average molecular weight is 654 g/mol. The van der Waals surface area contributed by atoms with E-state index in [1.54, 1.807) is 0 Å². The molecule has 242 valence electrons. The molecule has 0 radical (unpaired) electrons. The minimum atomic E-state index is -5.67. The van der Waals surface area contributed by atoms with E-state index in [-0.39, 0.29) is 0 Å². The highest BCUT2D eigenvalue weighted by Gasteiger charge is 2.57. The Bertz CT molecular complexity index is 1230. The Kier molecular flexibility index (Phi) is 9.11. The number of Topliss-reactive ketones (excluding diaryl/α,β-unsaturated/α-hetero) is 4. The number of carbonyl (C=O) groups is 4. The van der Waals surface area contributed by atoms with Gasteiger partial charge < -0.3 is 9.47 Å². The highest BCUT2D eigenvalue weighted by Crippen LogP contribution is 2.53. The number of ether oxygens (including phenoxy) is 2. The van der Waals surface area contributed by atoms with E-state index in [0.717, 1.165) is 14.2 Å². The number of carbonyl (C=O) groups excluding carboxylic acids is 4. The van der Waals surface area contributed by atoms with E-state index in [1.807, 2.05) is 0 Å². The topological polar surface area (TPSA) is 86.7 Å². The van der Waals surface area contributed by atoms with Crippen molar-refractivity contribution >= 4 is 23.1 Å². The fourth-order valence-corrected chi connectivity index (χ4v) is 5.41. The SMILES string of the molecule is COc1cc(OC)c(C2[C@H](C(=O)C(F)(F)F)C=C[C@H]2C(=O)C(F)(F)F)cc1C1[C@@H](C(=O)C(F)(F)F)C=C[C@H]1C(=O)C(F)(F)F. The fourth-order valence-electron chi connectivity index (χ4n) is 5.41. The van der Waals surface area contributed by atoms with Gasteiger partial charge in [-0.1, -0.05) is 24.3 Å². The Labute approximate surface area is 238 Å². The summed E-state index contributed by atoms with van der Waals surface area (Å²) in [5.74, 6) is -26.8. The number of benzene rings is 1. The molecule has 0 bridgehead atoms. The molecular weight excluding hydrogens is 636 g/mol. The van der Waals surface area contributed by atoms with Crippen LogP contribution in [0.2, 0.25) is 0 Å². The van der Waals surface area contributed by atoms with Gasteiger partial charge >= 0.3 is 24.7 Å². The summed E-state index contributed by atoms with van der Waals surface area (Å²) >= 11 is 0. The van der Waals surface area contributed by atoms with Crippen molar-refractivity contribution in [1.29, 1.82) is 0 Å². The van der Waals surface area contributed by atoms with Gasteiger partial charge in [-0.25, -0.2) is 0 Å². The number of hydrogen-bond acceptors (Lipinski definition) is 6. The van der Waals surface area contributed by atoms with Gasteiger partial charge in [0.1, 0.15) is 11.5 Å². The van der Waals surface area contributed by atoms with Gasteiger partial charge in [0.15, 0.2) is 0 Å². The van der Waals surface area contributed by atoms with Gasteiger partial charge in [0.2, 0.25) is 23.1 Å². The normalized spacial score (nSPS) is 24.5. The molecule has 1 aromatic carbocycles. The number of hydrogen-bond donors (Lipinski definition) is 0. The molecule has 1 unspecified atom stereocenters. The van der Waals surface area contributed by atoms with Crippen LogP contribution in [0.25, 0.3) is 0 Å². The lowest BCUT2D eigenvalue weighted by molar-refractivity contribution is -0.178. The first-order valence-corrected chi connectivity index (χ1v) is 12.0. The Morgan fingerprint density at radius 1 is 0.477 bits per heavy atom. The first-order chi connectivity index (χ1) is 20.0. The Balaban J connectivity index is 2.37. The van der Waals surface area contributed by atoms with Crippen LogP contribution in [0.5, 0.6) is 11.5 Å². The first-order valence-electron chi connectivity index (χ1n) is 12.0. The van der Waals surface area contributed by atoms with Crippen LogP contribution in [0.1, 0.15) is 23.0 Å². The van der Waals surface area contributed by atoms with Gasteiger partial charge in [0.05, 0.1) is 37.9 Å². The van der Waals surface area contributed by atoms with E-state index in [0.29, 0.717) is 36.4 Å². The molecule has 44 heavy (non-hydrogen) atoms. The van der Waals surface area contributed by atoms with Crippen LogP contribution in [-0.2, 0) is 19.2 Å². The van der Waals surface area contributed by atoms with Crippen molar-refractivity contribution in [2.75, 3.05) is 14.2 Å². The summed E-state index contributed by atoms with van der Waals surface area (Å²) < 4.78 is 171. The van der Waals surface area contributed by atoms with Gasteiger partial charge in [0, 0.05) is 17.9 Å². The third-order valence-corrected chi connectivity index (χ3v) is 7.23. The molecule has 0 aliphatic heterocycles. The maximum Gasteiger partial charge on any atom is 0.450 e. The molecule has 2 aliphatic rings. The fraction of sp³-hybridized carbons (Fsp3) is 0.462. The molecule has 0 spiro atoms. The number of methoxy groups -OCH3 is 2. The lowest BCUT2D eigenvalue weighted by atomic mass is 9.73. The van der Waals surface area contributed by atoms with Crippen LogP contribution in [0, 0.1) is 23.7 Å². The summed E-state index contributed by atoms with van der Waals surface area (Å²) in [7, 11) is 1.65. The van der Waals surface area contributed by atoms with Crippen LogP contribution in [0.15, 0.2) is 36.4 Å².